The van der Waals surface area contributed by atoms with Crippen LogP contribution in [0, 0.1) is 12.7 Å². The summed E-state index contributed by atoms with van der Waals surface area (Å²) in [5.74, 6) is -0.245. The first-order valence-corrected chi connectivity index (χ1v) is 7.59. The largest absolute Gasteiger partial charge is 0.387 e. The monoisotopic (exact) mass is 293 g/mol. The third kappa shape index (κ3) is 2.68. The molecule has 3 rings (SSSR count). The predicted octanol–water partition coefficient (Wildman–Crippen LogP) is 4.08. The van der Waals surface area contributed by atoms with Gasteiger partial charge in [-0.1, -0.05) is 6.07 Å². The molecule has 98 valence electrons. The average Bonchev–Trinajstić information content (AvgIpc) is 2.95. The number of aryl methyl sites for hydroxylation is 1. The SMILES string of the molecule is Cc1csc(CC(O)c2cc3ccc(F)cc3s2)n1. The van der Waals surface area contributed by atoms with Gasteiger partial charge in [0.1, 0.15) is 5.82 Å². The molecule has 0 spiro atoms. The van der Waals surface area contributed by atoms with Gasteiger partial charge in [-0.2, -0.15) is 0 Å². The number of hydrogen-bond donors (Lipinski definition) is 1. The summed E-state index contributed by atoms with van der Waals surface area (Å²) in [5, 5.41) is 14.1. The molecule has 1 aromatic carbocycles. The van der Waals surface area contributed by atoms with Gasteiger partial charge < -0.3 is 5.11 Å². The van der Waals surface area contributed by atoms with Gasteiger partial charge in [0, 0.05) is 27.1 Å². The van der Waals surface area contributed by atoms with Crippen LogP contribution >= 0.6 is 22.7 Å². The Morgan fingerprint density at radius 2 is 2.21 bits per heavy atom. The molecule has 0 aliphatic carbocycles. The Bertz CT molecular complexity index is 719. The number of thiophene rings is 1. The molecule has 2 nitrogen and oxygen atoms in total. The lowest BCUT2D eigenvalue weighted by molar-refractivity contribution is 0.182. The summed E-state index contributed by atoms with van der Waals surface area (Å²) in [4.78, 5) is 5.20. The summed E-state index contributed by atoms with van der Waals surface area (Å²) in [6, 6.07) is 6.61. The number of aliphatic hydroxyl groups is 1. The van der Waals surface area contributed by atoms with Crippen molar-refractivity contribution in [3.63, 3.8) is 0 Å². The average molecular weight is 293 g/mol. The number of nitrogens with zero attached hydrogens (tertiary/aromatic N) is 1. The second kappa shape index (κ2) is 5.00. The standard InChI is InChI=1S/C14H12FNOS2/c1-8-7-18-14(16-8)6-11(17)13-4-9-2-3-10(15)5-12(9)19-13/h2-5,7,11,17H,6H2,1H3. The number of thiazole rings is 1. The highest BCUT2D eigenvalue weighted by Gasteiger charge is 2.14. The Balaban J connectivity index is 1.86. The minimum atomic E-state index is -0.578. The maximum absolute atomic E-state index is 13.1. The molecule has 1 unspecified atom stereocenters. The molecule has 1 atom stereocenters. The van der Waals surface area contributed by atoms with E-state index in [-0.39, 0.29) is 5.82 Å². The van der Waals surface area contributed by atoms with Crippen molar-refractivity contribution >= 4 is 32.8 Å². The predicted molar refractivity (Wildman–Crippen MR) is 77.3 cm³/mol. The van der Waals surface area contributed by atoms with E-state index in [9.17, 15) is 9.50 Å². The first-order chi connectivity index (χ1) is 9.11. The van der Waals surface area contributed by atoms with Crippen LogP contribution in [0.4, 0.5) is 4.39 Å². The summed E-state index contributed by atoms with van der Waals surface area (Å²) in [6.07, 6.45) is -0.0700. The molecule has 2 aromatic heterocycles. The first-order valence-electron chi connectivity index (χ1n) is 5.90. The van der Waals surface area contributed by atoms with Crippen LogP contribution in [-0.4, -0.2) is 10.1 Å². The molecule has 0 aliphatic heterocycles. The van der Waals surface area contributed by atoms with E-state index in [1.807, 2.05) is 18.4 Å². The molecule has 0 radical (unpaired) electrons. The van der Waals surface area contributed by atoms with E-state index in [1.54, 1.807) is 17.4 Å². The topological polar surface area (TPSA) is 33.1 Å². The summed E-state index contributed by atoms with van der Waals surface area (Å²) in [7, 11) is 0. The van der Waals surface area contributed by atoms with Crippen LogP contribution in [0.2, 0.25) is 0 Å². The molecule has 0 bridgehead atoms. The molecule has 0 saturated heterocycles. The Hall–Kier alpha value is -1.30. The van der Waals surface area contributed by atoms with Crippen LogP contribution in [0.1, 0.15) is 21.7 Å². The number of rotatable bonds is 3. The maximum Gasteiger partial charge on any atom is 0.124 e. The lowest BCUT2D eigenvalue weighted by Gasteiger charge is -2.04. The van der Waals surface area contributed by atoms with E-state index >= 15 is 0 Å². The molecule has 0 aliphatic rings. The van der Waals surface area contributed by atoms with Crippen molar-refractivity contribution in [3.8, 4) is 0 Å². The van der Waals surface area contributed by atoms with E-state index in [0.717, 1.165) is 25.7 Å². The first kappa shape index (κ1) is 12.7. The van der Waals surface area contributed by atoms with E-state index in [4.69, 9.17) is 0 Å². The summed E-state index contributed by atoms with van der Waals surface area (Å²) < 4.78 is 14.0. The summed E-state index contributed by atoms with van der Waals surface area (Å²) in [6.45, 7) is 1.94. The number of fused-ring (bicyclic) bond motifs is 1. The Morgan fingerprint density at radius 1 is 1.37 bits per heavy atom. The van der Waals surface area contributed by atoms with Crippen molar-refractivity contribution in [2.75, 3.05) is 0 Å². The second-order valence-electron chi connectivity index (χ2n) is 4.43. The van der Waals surface area contributed by atoms with Gasteiger partial charge in [-0.15, -0.1) is 22.7 Å². The van der Waals surface area contributed by atoms with Crippen molar-refractivity contribution in [1.29, 1.82) is 0 Å². The lowest BCUT2D eigenvalue weighted by Crippen LogP contribution is -1.98. The van der Waals surface area contributed by atoms with Gasteiger partial charge in [0.15, 0.2) is 0 Å². The van der Waals surface area contributed by atoms with E-state index in [1.165, 1.54) is 23.5 Å². The molecular formula is C14H12FNOS2. The molecule has 3 aromatic rings. The number of aliphatic hydroxyl groups excluding tert-OH is 1. The van der Waals surface area contributed by atoms with Gasteiger partial charge >= 0.3 is 0 Å². The summed E-state index contributed by atoms with van der Waals surface area (Å²) in [5.41, 5.74) is 0.977. The van der Waals surface area contributed by atoms with Gasteiger partial charge in [-0.05, 0) is 30.5 Å². The Morgan fingerprint density at radius 3 is 2.95 bits per heavy atom. The van der Waals surface area contributed by atoms with Gasteiger partial charge in [-0.25, -0.2) is 9.37 Å². The van der Waals surface area contributed by atoms with Crippen LogP contribution in [0.3, 0.4) is 0 Å². The zero-order chi connectivity index (χ0) is 13.4. The highest BCUT2D eigenvalue weighted by Crippen LogP contribution is 2.32. The van der Waals surface area contributed by atoms with Gasteiger partial charge in [-0.3, -0.25) is 0 Å². The smallest absolute Gasteiger partial charge is 0.124 e. The Kier molecular flexibility index (Phi) is 3.35. The molecular weight excluding hydrogens is 281 g/mol. The van der Waals surface area contributed by atoms with Crippen LogP contribution in [0.15, 0.2) is 29.6 Å². The molecule has 1 N–H and O–H groups in total. The van der Waals surface area contributed by atoms with Gasteiger partial charge in [0.25, 0.3) is 0 Å². The molecule has 0 fully saturated rings. The second-order valence-corrected chi connectivity index (χ2v) is 6.49. The van der Waals surface area contributed by atoms with Crippen LogP contribution in [0.5, 0.6) is 0 Å². The fourth-order valence-corrected chi connectivity index (χ4v) is 3.84. The maximum atomic E-state index is 13.1. The normalized spacial score (nSPS) is 13.0. The zero-order valence-corrected chi connectivity index (χ0v) is 11.9. The third-order valence-corrected chi connectivity index (χ3v) is 5.05. The minimum Gasteiger partial charge on any atom is -0.387 e. The summed E-state index contributed by atoms with van der Waals surface area (Å²) >= 11 is 2.99. The minimum absolute atomic E-state index is 0.245. The number of hydrogen-bond acceptors (Lipinski definition) is 4. The van der Waals surface area contributed by atoms with Crippen LogP contribution in [-0.2, 0) is 6.42 Å². The van der Waals surface area contributed by atoms with Crippen LogP contribution < -0.4 is 0 Å². The van der Waals surface area contributed by atoms with Gasteiger partial charge in [0.2, 0.25) is 0 Å². The quantitative estimate of drug-likeness (QED) is 0.789. The fourth-order valence-electron chi connectivity index (χ4n) is 1.95. The zero-order valence-electron chi connectivity index (χ0n) is 10.3. The molecule has 0 amide bonds. The Labute approximate surface area is 118 Å². The molecule has 5 heteroatoms. The number of aromatic nitrogens is 1. The molecule has 2 heterocycles. The fraction of sp³-hybridized carbons (Fsp3) is 0.214. The highest BCUT2D eigenvalue weighted by atomic mass is 32.1. The van der Waals surface area contributed by atoms with E-state index in [0.29, 0.717) is 6.42 Å². The van der Waals surface area contributed by atoms with Gasteiger partial charge in [0.05, 0.1) is 11.1 Å². The van der Waals surface area contributed by atoms with E-state index in [2.05, 4.69) is 4.98 Å². The van der Waals surface area contributed by atoms with Crippen molar-refractivity contribution in [2.45, 2.75) is 19.4 Å². The van der Waals surface area contributed by atoms with Crippen molar-refractivity contribution in [2.24, 2.45) is 0 Å². The number of halogens is 1. The number of benzene rings is 1. The van der Waals surface area contributed by atoms with E-state index < -0.39 is 6.10 Å². The molecule has 0 saturated carbocycles. The van der Waals surface area contributed by atoms with Crippen molar-refractivity contribution < 1.29 is 9.50 Å². The third-order valence-electron chi connectivity index (χ3n) is 2.86. The van der Waals surface area contributed by atoms with Crippen LogP contribution in [0.25, 0.3) is 10.1 Å². The lowest BCUT2D eigenvalue weighted by atomic mass is 10.2. The van der Waals surface area contributed by atoms with Crippen molar-refractivity contribution in [3.05, 3.63) is 51.0 Å². The highest BCUT2D eigenvalue weighted by molar-refractivity contribution is 7.19. The van der Waals surface area contributed by atoms with Crippen molar-refractivity contribution in [1.82, 2.24) is 4.98 Å². The molecule has 19 heavy (non-hydrogen) atoms.